The predicted molar refractivity (Wildman–Crippen MR) is 46.6 cm³/mol. The van der Waals surface area contributed by atoms with Gasteiger partial charge in [-0.15, -0.1) is 0 Å². The summed E-state index contributed by atoms with van der Waals surface area (Å²) >= 11 is 0. The maximum absolute atomic E-state index is 12.2. The molecule has 0 amide bonds. The summed E-state index contributed by atoms with van der Waals surface area (Å²) in [5, 5.41) is 1.73. The first-order chi connectivity index (χ1) is 7.59. The summed E-state index contributed by atoms with van der Waals surface area (Å²) in [6.45, 7) is -1.49. The van der Waals surface area contributed by atoms with Crippen molar-refractivity contribution in [3.8, 4) is 0 Å². The molecule has 0 fully saturated rings. The van der Waals surface area contributed by atoms with E-state index in [2.05, 4.69) is 0 Å². The van der Waals surface area contributed by atoms with Crippen LogP contribution in [0.25, 0.3) is 0 Å². The molecule has 0 aromatic carbocycles. The van der Waals surface area contributed by atoms with E-state index in [4.69, 9.17) is 0 Å². The molecule has 0 aliphatic carbocycles. The number of hydrogen-bond acceptors (Lipinski definition) is 2. The number of aromatic amines is 1. The Morgan fingerprint density at radius 2 is 1.76 bits per heavy atom. The molecule has 0 saturated carbocycles. The fourth-order valence-electron chi connectivity index (χ4n) is 0.999. The minimum Gasteiger partial charge on any atom is -0.375 e. The van der Waals surface area contributed by atoms with E-state index in [1.165, 1.54) is 0 Å². The summed E-state index contributed by atoms with van der Waals surface area (Å²) < 4.78 is 72.1. The zero-order valence-electron chi connectivity index (χ0n) is 8.04. The Labute approximate surface area is 90.5 Å². The molecule has 0 radical (unpaired) electrons. The van der Waals surface area contributed by atoms with Crippen molar-refractivity contribution in [3.05, 3.63) is 28.2 Å². The van der Waals surface area contributed by atoms with Crippen molar-refractivity contribution in [2.24, 2.45) is 0 Å². The van der Waals surface area contributed by atoms with E-state index in [-0.39, 0.29) is 0 Å². The van der Waals surface area contributed by atoms with E-state index < -0.39 is 35.7 Å². The van der Waals surface area contributed by atoms with Crippen LogP contribution in [0.15, 0.2) is 17.1 Å². The second-order valence-corrected chi connectivity index (χ2v) is 3.10. The molecule has 96 valence electrons. The van der Waals surface area contributed by atoms with Crippen LogP contribution in [-0.2, 0) is 6.18 Å². The Morgan fingerprint density at radius 3 is 2.24 bits per heavy atom. The number of hydrogen-bond donors (Lipinski definition) is 2. The van der Waals surface area contributed by atoms with Gasteiger partial charge in [0.2, 0.25) is 0 Å². The molecule has 3 nitrogen and oxygen atoms in total. The molecule has 0 atom stereocenters. The third kappa shape index (κ3) is 4.00. The lowest BCUT2D eigenvalue weighted by atomic mass is 10.2. The second-order valence-electron chi connectivity index (χ2n) is 3.10. The highest BCUT2D eigenvalue weighted by Gasteiger charge is 2.34. The van der Waals surface area contributed by atoms with Crippen molar-refractivity contribution < 1.29 is 26.3 Å². The third-order valence-electron chi connectivity index (χ3n) is 1.70. The van der Waals surface area contributed by atoms with Crippen molar-refractivity contribution in [2.75, 3.05) is 11.9 Å². The summed E-state index contributed by atoms with van der Waals surface area (Å²) in [7, 11) is 0. The molecule has 1 aromatic rings. The molecule has 1 aromatic heterocycles. The molecule has 1 heterocycles. The van der Waals surface area contributed by atoms with E-state index in [1.54, 1.807) is 10.3 Å². The lowest BCUT2D eigenvalue weighted by molar-refractivity contribution is -0.138. The van der Waals surface area contributed by atoms with Crippen LogP contribution in [0.5, 0.6) is 0 Å². The smallest absolute Gasteiger partial charge is 0.375 e. The molecule has 2 N–H and O–H groups in total. The summed E-state index contributed by atoms with van der Waals surface area (Å²) in [4.78, 5) is 12.5. The molecule has 17 heavy (non-hydrogen) atoms. The predicted octanol–water partition coefficient (Wildman–Crippen LogP) is 2.37. The lowest BCUT2D eigenvalue weighted by Gasteiger charge is -2.11. The summed E-state index contributed by atoms with van der Waals surface area (Å²) in [6.07, 6.45) is -8.73. The van der Waals surface area contributed by atoms with Crippen LogP contribution in [0, 0.1) is 0 Å². The van der Waals surface area contributed by atoms with Crippen molar-refractivity contribution >= 4 is 5.69 Å². The van der Waals surface area contributed by atoms with Gasteiger partial charge in [0, 0.05) is 6.20 Å². The molecule has 0 spiro atoms. The first-order valence-corrected chi connectivity index (χ1v) is 4.20. The van der Waals surface area contributed by atoms with E-state index in [0.717, 1.165) is 6.20 Å². The third-order valence-corrected chi connectivity index (χ3v) is 1.70. The van der Waals surface area contributed by atoms with Crippen molar-refractivity contribution in [1.82, 2.24) is 4.98 Å². The number of halogens is 6. The van der Waals surface area contributed by atoms with Gasteiger partial charge in [-0.05, 0) is 6.07 Å². The van der Waals surface area contributed by atoms with Gasteiger partial charge in [0.1, 0.15) is 12.1 Å². The Morgan fingerprint density at radius 1 is 1.18 bits per heavy atom. The van der Waals surface area contributed by atoms with Crippen LogP contribution in [0.3, 0.4) is 0 Å². The van der Waals surface area contributed by atoms with Crippen molar-refractivity contribution in [1.29, 1.82) is 0 Å². The highest BCUT2D eigenvalue weighted by molar-refractivity contribution is 5.43. The van der Waals surface area contributed by atoms with Gasteiger partial charge in [0.25, 0.3) is 5.56 Å². The monoisotopic (exact) mass is 260 g/mol. The molecule has 1 rings (SSSR count). The highest BCUT2D eigenvalue weighted by atomic mass is 19.4. The largest absolute Gasteiger partial charge is 0.421 e. The number of alkyl halides is 6. The Balaban J connectivity index is 2.94. The second kappa shape index (κ2) is 4.30. The molecule has 0 unspecified atom stereocenters. The van der Waals surface area contributed by atoms with Gasteiger partial charge >= 0.3 is 12.4 Å². The number of aromatic nitrogens is 1. The van der Waals surface area contributed by atoms with E-state index in [0.29, 0.717) is 6.07 Å². The minimum absolute atomic E-state index is 0.324. The number of nitrogens with one attached hydrogen (secondary N) is 2. The molecule has 9 heteroatoms. The average molecular weight is 260 g/mol. The molecule has 0 saturated heterocycles. The first-order valence-electron chi connectivity index (χ1n) is 4.20. The average Bonchev–Trinajstić information content (AvgIpc) is 2.13. The van der Waals surface area contributed by atoms with Crippen LogP contribution in [0.2, 0.25) is 0 Å². The van der Waals surface area contributed by atoms with Gasteiger partial charge in [0.15, 0.2) is 0 Å². The van der Waals surface area contributed by atoms with Gasteiger partial charge in [-0.2, -0.15) is 26.3 Å². The van der Waals surface area contributed by atoms with Gasteiger partial charge in [-0.25, -0.2) is 0 Å². The number of H-pyrrole nitrogens is 1. The molecular weight excluding hydrogens is 254 g/mol. The quantitative estimate of drug-likeness (QED) is 0.802. The zero-order valence-corrected chi connectivity index (χ0v) is 8.04. The van der Waals surface area contributed by atoms with Gasteiger partial charge < -0.3 is 10.3 Å². The summed E-state index contributed by atoms with van der Waals surface area (Å²) in [5.74, 6) is 0. The molecule has 0 aliphatic heterocycles. The van der Waals surface area contributed by atoms with Crippen LogP contribution < -0.4 is 10.9 Å². The Bertz CT molecular complexity index is 447. The first kappa shape index (κ1) is 13.4. The zero-order chi connectivity index (χ0) is 13.3. The van der Waals surface area contributed by atoms with E-state index in [9.17, 15) is 31.1 Å². The van der Waals surface area contributed by atoms with Gasteiger partial charge in [0.05, 0.1) is 5.69 Å². The minimum atomic E-state index is -4.91. The lowest BCUT2D eigenvalue weighted by Crippen LogP contribution is -2.24. The standard InChI is InChI=1S/C8H6F6N2O/c9-7(10,11)3-16-4-1-5(8(12,13)14)6(17)15-2-4/h1-2,16H,3H2,(H,15,17). The van der Waals surface area contributed by atoms with Crippen LogP contribution in [-0.4, -0.2) is 17.7 Å². The maximum Gasteiger partial charge on any atom is 0.421 e. The van der Waals surface area contributed by atoms with Crippen LogP contribution in [0.4, 0.5) is 32.0 Å². The molecule has 0 bridgehead atoms. The van der Waals surface area contributed by atoms with E-state index in [1.807, 2.05) is 0 Å². The fraction of sp³-hybridized carbons (Fsp3) is 0.375. The Kier molecular flexibility index (Phi) is 3.39. The summed E-state index contributed by atoms with van der Waals surface area (Å²) in [5.41, 5.74) is -3.42. The molecule has 0 aliphatic rings. The number of rotatable bonds is 2. The van der Waals surface area contributed by atoms with Crippen LogP contribution >= 0.6 is 0 Å². The molecular formula is C8H6F6N2O. The number of anilines is 1. The SMILES string of the molecule is O=c1[nH]cc(NCC(F)(F)F)cc1C(F)(F)F. The fourth-order valence-corrected chi connectivity index (χ4v) is 0.999. The van der Waals surface area contributed by atoms with Crippen molar-refractivity contribution in [3.63, 3.8) is 0 Å². The number of pyridine rings is 1. The van der Waals surface area contributed by atoms with E-state index >= 15 is 0 Å². The normalized spacial score (nSPS) is 12.6. The van der Waals surface area contributed by atoms with Crippen LogP contribution in [0.1, 0.15) is 5.56 Å². The summed E-state index contributed by atoms with van der Waals surface area (Å²) in [6, 6.07) is 0.324. The maximum atomic E-state index is 12.2. The van der Waals surface area contributed by atoms with Gasteiger partial charge in [-0.1, -0.05) is 0 Å². The highest BCUT2D eigenvalue weighted by Crippen LogP contribution is 2.27. The van der Waals surface area contributed by atoms with Gasteiger partial charge in [-0.3, -0.25) is 4.79 Å². The Hall–Kier alpha value is -1.67. The van der Waals surface area contributed by atoms with Crippen molar-refractivity contribution in [2.45, 2.75) is 12.4 Å². The topological polar surface area (TPSA) is 44.9 Å².